The Hall–Kier alpha value is -1.59. The minimum absolute atomic E-state index is 0.0676. The standard InChI is InChI=1S/C45H86O6/c1-7-41(6)33-27-21-16-18-24-30-36-45(48)51-42(38-50-44(47)35-29-23-17-15-20-26-32-40(4)5)37-49-43(46)34-28-22-14-12-10-8-9-11-13-19-25-31-39(2)3/h39-42H,7-38H2,1-6H3/t41?,42-/m0/s1. The van der Waals surface area contributed by atoms with Crippen LogP contribution in [0.5, 0.6) is 0 Å². The molecule has 0 saturated carbocycles. The summed E-state index contributed by atoms with van der Waals surface area (Å²) in [6.45, 7) is 13.6. The maximum atomic E-state index is 12.7. The fourth-order valence-electron chi connectivity index (χ4n) is 6.49. The van der Waals surface area contributed by atoms with Crippen LogP contribution in [0.15, 0.2) is 0 Å². The molecule has 0 aromatic rings. The average molecular weight is 723 g/mol. The van der Waals surface area contributed by atoms with Gasteiger partial charge in [-0.1, -0.05) is 196 Å². The third-order valence-corrected chi connectivity index (χ3v) is 10.3. The first-order valence-electron chi connectivity index (χ1n) is 22.1. The van der Waals surface area contributed by atoms with Crippen molar-refractivity contribution in [3.63, 3.8) is 0 Å². The Labute approximate surface area is 317 Å². The Balaban J connectivity index is 4.33. The van der Waals surface area contributed by atoms with Gasteiger partial charge in [-0.15, -0.1) is 0 Å². The minimum Gasteiger partial charge on any atom is -0.462 e. The van der Waals surface area contributed by atoms with E-state index in [1.165, 1.54) is 116 Å². The highest BCUT2D eigenvalue weighted by molar-refractivity contribution is 5.71. The molecule has 6 heteroatoms. The van der Waals surface area contributed by atoms with Crippen LogP contribution >= 0.6 is 0 Å². The molecule has 0 spiro atoms. The lowest BCUT2D eigenvalue weighted by Gasteiger charge is -2.18. The number of carbonyl (C=O) groups excluding carboxylic acids is 3. The summed E-state index contributed by atoms with van der Waals surface area (Å²) in [5.74, 6) is 1.53. The summed E-state index contributed by atoms with van der Waals surface area (Å²) in [6, 6.07) is 0. The summed E-state index contributed by atoms with van der Waals surface area (Å²) < 4.78 is 16.7. The van der Waals surface area contributed by atoms with Gasteiger partial charge in [-0.05, 0) is 37.0 Å². The molecular weight excluding hydrogens is 636 g/mol. The quantitative estimate of drug-likeness (QED) is 0.0359. The molecule has 0 amide bonds. The van der Waals surface area contributed by atoms with E-state index in [4.69, 9.17) is 14.2 Å². The van der Waals surface area contributed by atoms with Crippen molar-refractivity contribution in [2.75, 3.05) is 13.2 Å². The van der Waals surface area contributed by atoms with Gasteiger partial charge in [0, 0.05) is 19.3 Å². The third kappa shape index (κ3) is 38.0. The van der Waals surface area contributed by atoms with Crippen LogP contribution in [0.1, 0.15) is 234 Å². The summed E-state index contributed by atoms with van der Waals surface area (Å²) in [7, 11) is 0. The molecule has 51 heavy (non-hydrogen) atoms. The van der Waals surface area contributed by atoms with Crippen LogP contribution in [-0.4, -0.2) is 37.2 Å². The molecule has 0 radical (unpaired) electrons. The predicted molar refractivity (Wildman–Crippen MR) is 215 cm³/mol. The number of carbonyl (C=O) groups is 3. The molecule has 0 bridgehead atoms. The lowest BCUT2D eigenvalue weighted by atomic mass is 10.00. The summed E-state index contributed by atoms with van der Waals surface area (Å²) in [4.78, 5) is 37.6. The number of hydrogen-bond donors (Lipinski definition) is 0. The van der Waals surface area contributed by atoms with Crippen molar-refractivity contribution >= 4 is 17.9 Å². The van der Waals surface area contributed by atoms with Gasteiger partial charge in [0.15, 0.2) is 6.10 Å². The summed E-state index contributed by atoms with van der Waals surface area (Å²) >= 11 is 0. The van der Waals surface area contributed by atoms with Crippen LogP contribution in [0, 0.1) is 17.8 Å². The topological polar surface area (TPSA) is 78.9 Å². The van der Waals surface area contributed by atoms with Crippen molar-refractivity contribution in [3.05, 3.63) is 0 Å². The molecule has 0 rings (SSSR count). The van der Waals surface area contributed by atoms with E-state index in [1.807, 2.05) is 0 Å². The maximum absolute atomic E-state index is 12.7. The Bertz CT molecular complexity index is 794. The van der Waals surface area contributed by atoms with Crippen LogP contribution in [0.4, 0.5) is 0 Å². The summed E-state index contributed by atoms with van der Waals surface area (Å²) in [5, 5.41) is 0. The zero-order valence-corrected chi connectivity index (χ0v) is 34.9. The molecule has 0 saturated heterocycles. The van der Waals surface area contributed by atoms with E-state index in [2.05, 4.69) is 41.5 Å². The zero-order valence-electron chi connectivity index (χ0n) is 34.9. The van der Waals surface area contributed by atoms with Gasteiger partial charge in [-0.2, -0.15) is 0 Å². The molecule has 0 aliphatic carbocycles. The molecule has 2 atom stereocenters. The Kier molecular flexibility index (Phi) is 35.6. The van der Waals surface area contributed by atoms with Crippen LogP contribution in [0.25, 0.3) is 0 Å². The Morgan fingerprint density at radius 1 is 0.392 bits per heavy atom. The second-order valence-corrected chi connectivity index (χ2v) is 16.5. The van der Waals surface area contributed by atoms with E-state index in [9.17, 15) is 14.4 Å². The average Bonchev–Trinajstić information content (AvgIpc) is 3.09. The first-order valence-corrected chi connectivity index (χ1v) is 22.1. The number of hydrogen-bond acceptors (Lipinski definition) is 6. The van der Waals surface area contributed by atoms with Crippen LogP contribution in [-0.2, 0) is 28.6 Å². The molecule has 0 aliphatic heterocycles. The highest BCUT2D eigenvalue weighted by Gasteiger charge is 2.19. The molecule has 0 aromatic carbocycles. The van der Waals surface area contributed by atoms with Crippen molar-refractivity contribution < 1.29 is 28.6 Å². The van der Waals surface area contributed by atoms with Gasteiger partial charge in [0.05, 0.1) is 0 Å². The van der Waals surface area contributed by atoms with Gasteiger partial charge in [0.25, 0.3) is 0 Å². The highest BCUT2D eigenvalue weighted by atomic mass is 16.6. The molecule has 0 aliphatic rings. The number of unbranched alkanes of at least 4 members (excludes halogenated alkanes) is 20. The van der Waals surface area contributed by atoms with E-state index >= 15 is 0 Å². The van der Waals surface area contributed by atoms with E-state index in [0.717, 1.165) is 75.5 Å². The monoisotopic (exact) mass is 723 g/mol. The maximum Gasteiger partial charge on any atom is 0.306 e. The van der Waals surface area contributed by atoms with Crippen molar-refractivity contribution in [2.45, 2.75) is 240 Å². The second kappa shape index (κ2) is 36.8. The van der Waals surface area contributed by atoms with Gasteiger partial charge in [0.1, 0.15) is 13.2 Å². The smallest absolute Gasteiger partial charge is 0.306 e. The predicted octanol–water partition coefficient (Wildman–Crippen LogP) is 13.7. The van der Waals surface area contributed by atoms with Crippen molar-refractivity contribution in [3.8, 4) is 0 Å². The van der Waals surface area contributed by atoms with E-state index < -0.39 is 6.10 Å². The fourth-order valence-corrected chi connectivity index (χ4v) is 6.49. The molecule has 1 unspecified atom stereocenters. The SMILES string of the molecule is CCC(C)CCCCCCCCC(=O)O[C@@H](COC(=O)CCCCCCCCCCCCCC(C)C)COC(=O)CCCCCCCCC(C)C. The largest absolute Gasteiger partial charge is 0.462 e. The first-order chi connectivity index (χ1) is 24.6. The Morgan fingerprint density at radius 3 is 1.02 bits per heavy atom. The van der Waals surface area contributed by atoms with Crippen molar-refractivity contribution in [2.24, 2.45) is 17.8 Å². The lowest BCUT2D eigenvalue weighted by Crippen LogP contribution is -2.30. The summed E-state index contributed by atoms with van der Waals surface area (Å²) in [6.07, 6.45) is 32.5. The van der Waals surface area contributed by atoms with Crippen molar-refractivity contribution in [1.82, 2.24) is 0 Å². The minimum atomic E-state index is -0.762. The second-order valence-electron chi connectivity index (χ2n) is 16.5. The summed E-state index contributed by atoms with van der Waals surface area (Å²) in [5.41, 5.74) is 0. The highest BCUT2D eigenvalue weighted by Crippen LogP contribution is 2.17. The van der Waals surface area contributed by atoms with E-state index in [1.54, 1.807) is 0 Å². The van der Waals surface area contributed by atoms with Gasteiger partial charge in [-0.25, -0.2) is 0 Å². The molecule has 0 aromatic heterocycles. The van der Waals surface area contributed by atoms with Crippen LogP contribution < -0.4 is 0 Å². The number of esters is 3. The molecule has 0 heterocycles. The normalized spacial score (nSPS) is 12.7. The van der Waals surface area contributed by atoms with Gasteiger partial charge >= 0.3 is 17.9 Å². The Morgan fingerprint density at radius 2 is 0.686 bits per heavy atom. The van der Waals surface area contributed by atoms with Gasteiger partial charge < -0.3 is 14.2 Å². The van der Waals surface area contributed by atoms with E-state index in [0.29, 0.717) is 19.3 Å². The lowest BCUT2D eigenvalue weighted by molar-refractivity contribution is -0.167. The van der Waals surface area contributed by atoms with Gasteiger partial charge in [-0.3, -0.25) is 14.4 Å². The fraction of sp³-hybridized carbons (Fsp3) is 0.933. The zero-order chi connectivity index (χ0) is 37.8. The molecule has 0 N–H and O–H groups in total. The number of ether oxygens (including phenoxy) is 3. The molecule has 302 valence electrons. The van der Waals surface area contributed by atoms with Crippen LogP contribution in [0.2, 0.25) is 0 Å². The molecule has 6 nitrogen and oxygen atoms in total. The third-order valence-electron chi connectivity index (χ3n) is 10.3. The first kappa shape index (κ1) is 49.4. The van der Waals surface area contributed by atoms with Crippen LogP contribution in [0.3, 0.4) is 0 Å². The molecular formula is C45H86O6. The molecule has 0 fully saturated rings. The van der Waals surface area contributed by atoms with Gasteiger partial charge in [0.2, 0.25) is 0 Å². The van der Waals surface area contributed by atoms with E-state index in [-0.39, 0.29) is 31.1 Å². The number of rotatable bonds is 38. The van der Waals surface area contributed by atoms with Crippen molar-refractivity contribution in [1.29, 1.82) is 0 Å².